The zero-order valence-corrected chi connectivity index (χ0v) is 13.4. The van der Waals surface area contributed by atoms with Crippen LogP contribution in [0.3, 0.4) is 0 Å². The van der Waals surface area contributed by atoms with Crippen LogP contribution in [-0.2, 0) is 23.9 Å². The summed E-state index contributed by atoms with van der Waals surface area (Å²) >= 11 is 0. The first-order chi connectivity index (χ1) is 11.8. The summed E-state index contributed by atoms with van der Waals surface area (Å²) in [6.45, 7) is 2.88. The highest BCUT2D eigenvalue weighted by Gasteiger charge is 2.18. The SMILES string of the molecule is C#Cc1ccc(C(=O)N2OCCOCCOCCOCCO2)cc1. The Morgan fingerprint density at radius 3 is 1.75 bits per heavy atom. The average Bonchev–Trinajstić information content (AvgIpc) is 2.63. The molecule has 7 nitrogen and oxygen atoms in total. The summed E-state index contributed by atoms with van der Waals surface area (Å²) in [6, 6.07) is 6.62. The van der Waals surface area contributed by atoms with Crippen molar-refractivity contribution >= 4 is 5.91 Å². The van der Waals surface area contributed by atoms with Gasteiger partial charge in [-0.1, -0.05) is 11.1 Å². The van der Waals surface area contributed by atoms with Gasteiger partial charge in [0.05, 0.1) is 39.6 Å². The lowest BCUT2D eigenvalue weighted by Crippen LogP contribution is -2.34. The van der Waals surface area contributed by atoms with E-state index in [1.807, 2.05) is 0 Å². The predicted molar refractivity (Wildman–Crippen MR) is 84.9 cm³/mol. The number of carbonyl (C=O) groups excluding carboxylic acids is 1. The maximum atomic E-state index is 12.5. The number of ether oxygens (including phenoxy) is 3. The van der Waals surface area contributed by atoms with Gasteiger partial charge in [0.25, 0.3) is 0 Å². The van der Waals surface area contributed by atoms with E-state index in [1.165, 1.54) is 0 Å². The third-order valence-electron chi connectivity index (χ3n) is 3.08. The third kappa shape index (κ3) is 6.28. The van der Waals surface area contributed by atoms with E-state index in [-0.39, 0.29) is 13.2 Å². The molecule has 0 spiro atoms. The van der Waals surface area contributed by atoms with Gasteiger partial charge in [-0.25, -0.2) is 9.68 Å². The van der Waals surface area contributed by atoms with Crippen molar-refractivity contribution in [1.29, 1.82) is 0 Å². The van der Waals surface area contributed by atoms with Crippen molar-refractivity contribution in [3.8, 4) is 12.3 Å². The fourth-order valence-electron chi connectivity index (χ4n) is 1.87. The fourth-order valence-corrected chi connectivity index (χ4v) is 1.87. The van der Waals surface area contributed by atoms with Crippen LogP contribution in [0.4, 0.5) is 0 Å². The highest BCUT2D eigenvalue weighted by atomic mass is 17.0. The van der Waals surface area contributed by atoms with Gasteiger partial charge >= 0.3 is 5.91 Å². The lowest BCUT2D eigenvalue weighted by molar-refractivity contribution is -0.333. The van der Waals surface area contributed by atoms with Gasteiger partial charge in [-0.15, -0.1) is 6.42 Å². The Labute approximate surface area is 141 Å². The third-order valence-corrected chi connectivity index (χ3v) is 3.08. The molecule has 1 aromatic rings. The van der Waals surface area contributed by atoms with Crippen LogP contribution in [0.5, 0.6) is 0 Å². The summed E-state index contributed by atoms with van der Waals surface area (Å²) in [6.07, 6.45) is 5.31. The van der Waals surface area contributed by atoms with Crippen molar-refractivity contribution in [2.75, 3.05) is 52.9 Å². The summed E-state index contributed by atoms with van der Waals surface area (Å²) in [7, 11) is 0. The zero-order valence-electron chi connectivity index (χ0n) is 13.4. The first-order valence-corrected chi connectivity index (χ1v) is 7.71. The number of hydrogen-bond donors (Lipinski definition) is 0. The van der Waals surface area contributed by atoms with Crippen LogP contribution < -0.4 is 0 Å². The highest BCUT2D eigenvalue weighted by molar-refractivity contribution is 5.92. The smallest absolute Gasteiger partial charge is 0.303 e. The second-order valence-electron chi connectivity index (χ2n) is 4.79. The van der Waals surface area contributed by atoms with E-state index in [4.69, 9.17) is 30.3 Å². The summed E-state index contributed by atoms with van der Waals surface area (Å²) in [5, 5.41) is 0.861. The van der Waals surface area contributed by atoms with E-state index >= 15 is 0 Å². The zero-order chi connectivity index (χ0) is 17.0. The molecule has 0 aliphatic carbocycles. The number of terminal acetylenes is 1. The molecule has 1 saturated heterocycles. The minimum Gasteiger partial charge on any atom is -0.377 e. The quantitative estimate of drug-likeness (QED) is 0.715. The topological polar surface area (TPSA) is 66.5 Å². The Morgan fingerprint density at radius 1 is 0.833 bits per heavy atom. The minimum absolute atomic E-state index is 0.176. The molecule has 0 aromatic heterocycles. The molecule has 24 heavy (non-hydrogen) atoms. The molecular formula is C17H21NO6. The summed E-state index contributed by atoms with van der Waals surface area (Å²) in [5.41, 5.74) is 1.10. The number of hydrogen-bond acceptors (Lipinski definition) is 6. The van der Waals surface area contributed by atoms with Crippen molar-refractivity contribution in [1.82, 2.24) is 5.23 Å². The number of amides is 1. The lowest BCUT2D eigenvalue weighted by Gasteiger charge is -2.21. The van der Waals surface area contributed by atoms with Gasteiger partial charge in [0.15, 0.2) is 0 Å². The van der Waals surface area contributed by atoms with Crippen LogP contribution in [0.15, 0.2) is 24.3 Å². The fraction of sp³-hybridized carbons (Fsp3) is 0.471. The number of benzene rings is 1. The highest BCUT2D eigenvalue weighted by Crippen LogP contribution is 2.08. The first-order valence-electron chi connectivity index (χ1n) is 7.71. The molecule has 0 radical (unpaired) electrons. The maximum absolute atomic E-state index is 12.5. The van der Waals surface area contributed by atoms with Gasteiger partial charge in [-0.3, -0.25) is 4.79 Å². The van der Waals surface area contributed by atoms with Crippen LogP contribution in [0.25, 0.3) is 0 Å². The van der Waals surface area contributed by atoms with Gasteiger partial charge in [-0.05, 0) is 24.3 Å². The number of rotatable bonds is 1. The van der Waals surface area contributed by atoms with Gasteiger partial charge in [-0.2, -0.15) is 0 Å². The molecule has 0 atom stereocenters. The van der Waals surface area contributed by atoms with E-state index in [9.17, 15) is 4.79 Å². The molecule has 1 aliphatic rings. The van der Waals surface area contributed by atoms with Crippen LogP contribution in [0.2, 0.25) is 0 Å². The van der Waals surface area contributed by atoms with Gasteiger partial charge in [0.2, 0.25) is 0 Å². The largest absolute Gasteiger partial charge is 0.377 e. The summed E-state index contributed by atoms with van der Waals surface area (Å²) in [5.74, 6) is 2.08. The molecule has 0 saturated carbocycles. The van der Waals surface area contributed by atoms with Crippen LogP contribution in [0, 0.1) is 12.3 Å². The normalized spacial score (nSPS) is 18.4. The van der Waals surface area contributed by atoms with Crippen molar-refractivity contribution in [3.63, 3.8) is 0 Å². The molecule has 130 valence electrons. The average molecular weight is 335 g/mol. The summed E-state index contributed by atoms with van der Waals surface area (Å²) in [4.78, 5) is 23.2. The van der Waals surface area contributed by atoms with Gasteiger partial charge in [0, 0.05) is 11.1 Å². The molecule has 0 bridgehead atoms. The van der Waals surface area contributed by atoms with Crippen LogP contribution in [-0.4, -0.2) is 64.0 Å². The lowest BCUT2D eigenvalue weighted by atomic mass is 10.1. The minimum atomic E-state index is -0.422. The van der Waals surface area contributed by atoms with Crippen molar-refractivity contribution < 1.29 is 28.7 Å². The number of carbonyl (C=O) groups is 1. The van der Waals surface area contributed by atoms with Crippen LogP contribution in [0.1, 0.15) is 15.9 Å². The first kappa shape index (κ1) is 18.4. The van der Waals surface area contributed by atoms with E-state index in [2.05, 4.69) is 5.92 Å². The molecule has 1 heterocycles. The van der Waals surface area contributed by atoms with Crippen molar-refractivity contribution in [2.24, 2.45) is 0 Å². The molecule has 1 fully saturated rings. The van der Waals surface area contributed by atoms with Crippen molar-refractivity contribution in [2.45, 2.75) is 0 Å². The summed E-state index contributed by atoms with van der Waals surface area (Å²) < 4.78 is 16.0. The predicted octanol–water partition coefficient (Wildman–Crippen LogP) is 1.04. The van der Waals surface area contributed by atoms with Crippen LogP contribution >= 0.6 is 0 Å². The molecule has 1 aromatic carbocycles. The Balaban J connectivity index is 1.94. The molecular weight excluding hydrogens is 314 g/mol. The van der Waals surface area contributed by atoms with Gasteiger partial charge in [0.1, 0.15) is 13.2 Å². The Bertz CT molecular complexity index is 525. The maximum Gasteiger partial charge on any atom is 0.303 e. The molecule has 1 aliphatic heterocycles. The molecule has 0 N–H and O–H groups in total. The van der Waals surface area contributed by atoms with E-state index in [1.54, 1.807) is 24.3 Å². The second kappa shape index (κ2) is 10.8. The van der Waals surface area contributed by atoms with E-state index < -0.39 is 5.91 Å². The Morgan fingerprint density at radius 2 is 1.29 bits per heavy atom. The Hall–Kier alpha value is -1.95. The van der Waals surface area contributed by atoms with E-state index in [0.29, 0.717) is 50.8 Å². The second-order valence-corrected chi connectivity index (χ2v) is 4.79. The monoisotopic (exact) mass is 335 g/mol. The number of nitrogens with zero attached hydrogens (tertiary/aromatic N) is 1. The molecule has 0 unspecified atom stereocenters. The van der Waals surface area contributed by atoms with Crippen molar-refractivity contribution in [3.05, 3.63) is 35.4 Å². The Kier molecular flexibility index (Phi) is 8.24. The molecule has 1 amide bonds. The van der Waals surface area contributed by atoms with E-state index in [0.717, 1.165) is 5.23 Å². The molecule has 7 heteroatoms. The molecule has 2 rings (SSSR count). The standard InChI is InChI=1S/C17H21NO6/c1-2-15-3-5-16(6-4-15)17(19)18-23-13-11-21-9-7-20-8-10-22-12-14-24-18/h1,3-6H,7-14H2. The van der Waals surface area contributed by atoms with Gasteiger partial charge < -0.3 is 14.2 Å². The number of hydroxylamine groups is 2.